The van der Waals surface area contributed by atoms with Gasteiger partial charge in [0.15, 0.2) is 0 Å². The van der Waals surface area contributed by atoms with Crippen molar-refractivity contribution in [3.05, 3.63) is 35.4 Å². The first-order valence-electron chi connectivity index (χ1n) is 6.93. The second kappa shape index (κ2) is 7.67. The summed E-state index contributed by atoms with van der Waals surface area (Å²) in [6.07, 6.45) is 9.47. The molecule has 4 heteroatoms. The molecule has 0 saturated carbocycles. The summed E-state index contributed by atoms with van der Waals surface area (Å²) in [6.45, 7) is 8.55. The number of nitrogens with zero attached hydrogens (tertiary/aromatic N) is 2. The van der Waals surface area contributed by atoms with Gasteiger partial charge in [-0.3, -0.25) is 4.99 Å². The molecule has 0 radical (unpaired) electrons. The summed E-state index contributed by atoms with van der Waals surface area (Å²) in [5, 5.41) is 0. The quantitative estimate of drug-likeness (QED) is 0.570. The molecule has 0 aliphatic carbocycles. The highest BCUT2D eigenvalue weighted by Crippen LogP contribution is 2.25. The Bertz CT molecular complexity index is 390. The van der Waals surface area contributed by atoms with E-state index in [-0.39, 0.29) is 0 Å². The molecule has 0 spiro atoms. The minimum Gasteiger partial charge on any atom is -0.403 e. The number of likely N-dealkylation sites (tertiary alicyclic amines) is 1. The molecule has 0 bridgehead atoms. The van der Waals surface area contributed by atoms with Crippen LogP contribution in [-0.4, -0.2) is 24.2 Å². The minimum absolute atomic E-state index is 0.525. The van der Waals surface area contributed by atoms with Crippen molar-refractivity contribution in [2.24, 2.45) is 22.4 Å². The van der Waals surface area contributed by atoms with Crippen molar-refractivity contribution in [1.29, 1.82) is 0 Å². The number of rotatable bonds is 6. The molecule has 4 nitrogen and oxygen atoms in total. The maximum Gasteiger partial charge on any atom is 0.0801 e. The second-order valence-corrected chi connectivity index (χ2v) is 5.00. The van der Waals surface area contributed by atoms with Gasteiger partial charge in [-0.05, 0) is 37.8 Å². The largest absolute Gasteiger partial charge is 0.403 e. The Morgan fingerprint density at radius 2 is 2.11 bits per heavy atom. The predicted octanol–water partition coefficient (Wildman–Crippen LogP) is 2.36. The van der Waals surface area contributed by atoms with Crippen LogP contribution in [0.1, 0.15) is 33.6 Å². The van der Waals surface area contributed by atoms with E-state index in [0.717, 1.165) is 30.9 Å². The summed E-state index contributed by atoms with van der Waals surface area (Å²) < 4.78 is 0. The lowest BCUT2D eigenvalue weighted by molar-refractivity contribution is 0.212. The van der Waals surface area contributed by atoms with Crippen LogP contribution in [0, 0.1) is 5.92 Å². The van der Waals surface area contributed by atoms with Crippen LogP contribution in [0.25, 0.3) is 0 Å². The van der Waals surface area contributed by atoms with Crippen LogP contribution < -0.4 is 11.5 Å². The molecule has 1 atom stereocenters. The van der Waals surface area contributed by atoms with Gasteiger partial charge in [0, 0.05) is 36.9 Å². The highest BCUT2D eigenvalue weighted by molar-refractivity contribution is 5.73. The third-order valence-electron chi connectivity index (χ3n) is 3.37. The third kappa shape index (κ3) is 4.81. The minimum atomic E-state index is 0.525. The molecule has 1 saturated heterocycles. The zero-order valence-corrected chi connectivity index (χ0v) is 12.3. The topological polar surface area (TPSA) is 67.6 Å². The van der Waals surface area contributed by atoms with Crippen LogP contribution in [0.3, 0.4) is 0 Å². The Morgan fingerprint density at radius 1 is 1.42 bits per heavy atom. The van der Waals surface area contributed by atoms with Crippen molar-refractivity contribution in [2.75, 3.05) is 13.1 Å². The van der Waals surface area contributed by atoms with Crippen LogP contribution in [0.5, 0.6) is 0 Å². The van der Waals surface area contributed by atoms with E-state index in [4.69, 9.17) is 11.5 Å². The van der Waals surface area contributed by atoms with E-state index in [0.29, 0.717) is 5.92 Å². The van der Waals surface area contributed by atoms with Gasteiger partial charge < -0.3 is 16.4 Å². The summed E-state index contributed by atoms with van der Waals surface area (Å²) in [7, 11) is 0. The van der Waals surface area contributed by atoms with Gasteiger partial charge in [-0.15, -0.1) is 0 Å². The summed E-state index contributed by atoms with van der Waals surface area (Å²) in [4.78, 5) is 6.73. The fraction of sp³-hybridized carbons (Fsp3) is 0.533. The van der Waals surface area contributed by atoms with Crippen LogP contribution >= 0.6 is 0 Å². The lowest BCUT2D eigenvalue weighted by Crippen LogP contribution is -2.38. The summed E-state index contributed by atoms with van der Waals surface area (Å²) >= 11 is 0. The first-order chi connectivity index (χ1) is 9.08. The molecular weight excluding hydrogens is 236 g/mol. The van der Waals surface area contributed by atoms with E-state index in [2.05, 4.69) is 29.8 Å². The monoisotopic (exact) mass is 262 g/mol. The van der Waals surface area contributed by atoms with Crippen molar-refractivity contribution in [3.63, 3.8) is 0 Å². The maximum absolute atomic E-state index is 5.65. The second-order valence-electron chi connectivity index (χ2n) is 5.00. The molecule has 4 N–H and O–H groups in total. The summed E-state index contributed by atoms with van der Waals surface area (Å²) in [6, 6.07) is 0. The zero-order chi connectivity index (χ0) is 14.3. The molecule has 0 unspecified atom stereocenters. The maximum atomic E-state index is 5.65. The normalized spacial score (nSPS) is 19.7. The van der Waals surface area contributed by atoms with Gasteiger partial charge in [-0.2, -0.15) is 0 Å². The Balaban J connectivity index is 2.85. The molecule has 106 valence electrons. The zero-order valence-electron chi connectivity index (χ0n) is 12.3. The van der Waals surface area contributed by atoms with E-state index in [1.165, 1.54) is 12.1 Å². The summed E-state index contributed by atoms with van der Waals surface area (Å²) in [5.74, 6) is 0.525. The van der Waals surface area contributed by atoms with Gasteiger partial charge in [0.2, 0.25) is 0 Å². The fourth-order valence-corrected chi connectivity index (χ4v) is 1.85. The van der Waals surface area contributed by atoms with Crippen molar-refractivity contribution >= 4 is 6.21 Å². The third-order valence-corrected chi connectivity index (χ3v) is 3.37. The molecule has 0 aromatic heterocycles. The standard InChI is InChI=1S/C15H26N4/c1-4-12(2)15(19-8-5-9-19)10-14(11-16)18-7-6-13(3)17/h6-7,10-12H,4-5,8-9,16-17H2,1-3H3/b13-6?,14-11+,15-10+,18-7?/t12-/m1/s1. The number of hydrogen-bond acceptors (Lipinski definition) is 4. The van der Waals surface area contributed by atoms with E-state index in [9.17, 15) is 0 Å². The highest BCUT2D eigenvalue weighted by atomic mass is 15.2. The molecule has 1 rings (SSSR count). The highest BCUT2D eigenvalue weighted by Gasteiger charge is 2.20. The van der Waals surface area contributed by atoms with Crippen LogP contribution in [0.4, 0.5) is 0 Å². The van der Waals surface area contributed by atoms with Crippen molar-refractivity contribution in [1.82, 2.24) is 4.90 Å². The molecule has 0 amide bonds. The van der Waals surface area contributed by atoms with Gasteiger partial charge in [0.25, 0.3) is 0 Å². The average Bonchev–Trinajstić information content (AvgIpc) is 2.32. The SMILES string of the molecule is CC[C@@H](C)/C(=C\C(=C/N)N=CC=C(C)N)N1CCC1. The molecule has 19 heavy (non-hydrogen) atoms. The molecule has 0 aromatic rings. The molecule has 1 heterocycles. The number of nitrogens with two attached hydrogens (primary N) is 2. The number of aliphatic imine (C=N–C) groups is 1. The van der Waals surface area contributed by atoms with Gasteiger partial charge in [0.1, 0.15) is 0 Å². The average molecular weight is 262 g/mol. The summed E-state index contributed by atoms with van der Waals surface area (Å²) in [5.41, 5.74) is 14.1. The van der Waals surface area contributed by atoms with E-state index < -0.39 is 0 Å². The molecular formula is C15H26N4. The molecule has 1 fully saturated rings. The lowest BCUT2D eigenvalue weighted by atomic mass is 10.00. The van der Waals surface area contributed by atoms with Crippen molar-refractivity contribution in [2.45, 2.75) is 33.6 Å². The van der Waals surface area contributed by atoms with Crippen molar-refractivity contribution in [3.8, 4) is 0 Å². The molecule has 1 aliphatic rings. The lowest BCUT2D eigenvalue weighted by Gasteiger charge is -2.38. The van der Waals surface area contributed by atoms with Crippen LogP contribution in [0.2, 0.25) is 0 Å². The predicted molar refractivity (Wildman–Crippen MR) is 82.4 cm³/mol. The Hall–Kier alpha value is -1.71. The van der Waals surface area contributed by atoms with Crippen LogP contribution in [0.15, 0.2) is 40.4 Å². The van der Waals surface area contributed by atoms with Crippen molar-refractivity contribution < 1.29 is 0 Å². The molecule has 1 aliphatic heterocycles. The first-order valence-corrected chi connectivity index (χ1v) is 6.93. The van der Waals surface area contributed by atoms with Gasteiger partial charge in [-0.1, -0.05) is 13.8 Å². The van der Waals surface area contributed by atoms with E-state index >= 15 is 0 Å². The number of hydrogen-bond donors (Lipinski definition) is 2. The van der Waals surface area contributed by atoms with Gasteiger partial charge >= 0.3 is 0 Å². The number of allylic oxidation sites excluding steroid dienone is 4. The Morgan fingerprint density at radius 3 is 2.53 bits per heavy atom. The smallest absolute Gasteiger partial charge is 0.0801 e. The van der Waals surface area contributed by atoms with E-state index in [1.54, 1.807) is 18.5 Å². The van der Waals surface area contributed by atoms with Gasteiger partial charge in [0.05, 0.1) is 5.70 Å². The first kappa shape index (κ1) is 15.3. The van der Waals surface area contributed by atoms with E-state index in [1.807, 2.05) is 6.92 Å². The Labute approximate surface area is 116 Å². The Kier molecular flexibility index (Phi) is 6.19. The van der Waals surface area contributed by atoms with Crippen LogP contribution in [-0.2, 0) is 0 Å². The molecule has 0 aromatic carbocycles. The fourth-order valence-electron chi connectivity index (χ4n) is 1.85. The van der Waals surface area contributed by atoms with Gasteiger partial charge in [-0.25, -0.2) is 0 Å².